The first-order valence-corrected chi connectivity index (χ1v) is 8.54. The molecule has 0 spiro atoms. The molecule has 0 aliphatic rings. The van der Waals surface area contributed by atoms with Gasteiger partial charge in [-0.25, -0.2) is 4.79 Å². The van der Waals surface area contributed by atoms with Crippen LogP contribution in [0.5, 0.6) is 0 Å². The highest BCUT2D eigenvalue weighted by Gasteiger charge is 2.26. The summed E-state index contributed by atoms with van der Waals surface area (Å²) in [6, 6.07) is 8.63. The van der Waals surface area contributed by atoms with E-state index >= 15 is 0 Å². The van der Waals surface area contributed by atoms with Crippen molar-refractivity contribution in [2.45, 2.75) is 45.3 Å². The standard InChI is InChI=1S/C19H29N3O4/c1-19(2,3)26-18(25)21(4)12-11-16(23)22(5)15(17(20)24)13-14-9-7-6-8-10-14/h6-10,15H,11-13H2,1-5H3,(H2,20,24)/t15-/m0/s1. The molecule has 7 nitrogen and oxygen atoms in total. The molecule has 0 aromatic heterocycles. The van der Waals surface area contributed by atoms with E-state index in [1.807, 2.05) is 30.3 Å². The summed E-state index contributed by atoms with van der Waals surface area (Å²) in [5, 5.41) is 0. The van der Waals surface area contributed by atoms with E-state index in [0.29, 0.717) is 6.42 Å². The van der Waals surface area contributed by atoms with Crippen molar-refractivity contribution < 1.29 is 19.1 Å². The summed E-state index contributed by atoms with van der Waals surface area (Å²) in [6.07, 6.45) is -0.0748. The Morgan fingerprint density at radius 1 is 1.12 bits per heavy atom. The molecule has 0 aliphatic heterocycles. The monoisotopic (exact) mass is 363 g/mol. The average molecular weight is 363 g/mol. The Morgan fingerprint density at radius 3 is 2.19 bits per heavy atom. The molecule has 0 aliphatic carbocycles. The van der Waals surface area contributed by atoms with Gasteiger partial charge in [0.2, 0.25) is 11.8 Å². The van der Waals surface area contributed by atoms with Crippen LogP contribution in [0.3, 0.4) is 0 Å². The lowest BCUT2D eigenvalue weighted by molar-refractivity contribution is -0.137. The van der Waals surface area contributed by atoms with Gasteiger partial charge in [-0.15, -0.1) is 0 Å². The van der Waals surface area contributed by atoms with Gasteiger partial charge in [0, 0.05) is 33.5 Å². The van der Waals surface area contributed by atoms with Gasteiger partial charge in [-0.2, -0.15) is 0 Å². The van der Waals surface area contributed by atoms with Crippen molar-refractivity contribution in [3.63, 3.8) is 0 Å². The zero-order valence-electron chi connectivity index (χ0n) is 16.2. The Morgan fingerprint density at radius 2 is 1.69 bits per heavy atom. The van der Waals surface area contributed by atoms with Crippen LogP contribution in [0, 0.1) is 0 Å². The molecule has 1 rings (SSSR count). The highest BCUT2D eigenvalue weighted by atomic mass is 16.6. The summed E-state index contributed by atoms with van der Waals surface area (Å²) in [4.78, 5) is 38.8. The van der Waals surface area contributed by atoms with Crippen molar-refractivity contribution in [2.24, 2.45) is 5.73 Å². The van der Waals surface area contributed by atoms with Crippen LogP contribution in [-0.4, -0.2) is 60.0 Å². The zero-order valence-corrected chi connectivity index (χ0v) is 16.2. The minimum atomic E-state index is -0.739. The predicted octanol–water partition coefficient (Wildman–Crippen LogP) is 1.80. The predicted molar refractivity (Wildman–Crippen MR) is 99.4 cm³/mol. The van der Waals surface area contributed by atoms with E-state index in [2.05, 4.69) is 0 Å². The van der Waals surface area contributed by atoms with Gasteiger partial charge < -0.3 is 20.3 Å². The van der Waals surface area contributed by atoms with Crippen LogP contribution >= 0.6 is 0 Å². The molecule has 2 N–H and O–H groups in total. The van der Waals surface area contributed by atoms with Crippen LogP contribution in [0.15, 0.2) is 30.3 Å². The summed E-state index contributed by atoms with van der Waals surface area (Å²) in [5.74, 6) is -0.828. The minimum Gasteiger partial charge on any atom is -0.444 e. The smallest absolute Gasteiger partial charge is 0.410 e. The normalized spacial score (nSPS) is 12.2. The molecule has 1 atom stereocenters. The van der Waals surface area contributed by atoms with Gasteiger partial charge in [-0.3, -0.25) is 9.59 Å². The molecule has 0 radical (unpaired) electrons. The van der Waals surface area contributed by atoms with E-state index in [1.54, 1.807) is 34.9 Å². The Hall–Kier alpha value is -2.57. The lowest BCUT2D eigenvalue weighted by Crippen LogP contribution is -2.47. The number of likely N-dealkylation sites (N-methyl/N-ethyl adjacent to an activating group) is 1. The molecule has 0 unspecified atom stereocenters. The van der Waals surface area contributed by atoms with Gasteiger partial charge in [0.1, 0.15) is 11.6 Å². The molecule has 144 valence electrons. The number of primary amides is 1. The first-order chi connectivity index (χ1) is 12.0. The van der Waals surface area contributed by atoms with E-state index in [0.717, 1.165) is 5.56 Å². The van der Waals surface area contributed by atoms with Gasteiger partial charge >= 0.3 is 6.09 Å². The topological polar surface area (TPSA) is 92.9 Å². The fourth-order valence-corrected chi connectivity index (χ4v) is 2.31. The molecule has 0 fully saturated rings. The fraction of sp³-hybridized carbons (Fsp3) is 0.526. The molecule has 0 heterocycles. The number of amides is 3. The lowest BCUT2D eigenvalue weighted by Gasteiger charge is -2.28. The second kappa shape index (κ2) is 9.22. The van der Waals surface area contributed by atoms with Crippen LogP contribution in [0.25, 0.3) is 0 Å². The van der Waals surface area contributed by atoms with Gasteiger partial charge in [-0.1, -0.05) is 30.3 Å². The lowest BCUT2D eigenvalue weighted by atomic mass is 10.0. The third-order valence-corrected chi connectivity index (χ3v) is 3.83. The summed E-state index contributed by atoms with van der Waals surface area (Å²) in [6.45, 7) is 5.52. The maximum absolute atomic E-state index is 12.4. The van der Waals surface area contributed by atoms with Crippen LogP contribution < -0.4 is 5.73 Å². The summed E-state index contributed by atoms with van der Waals surface area (Å²) in [5.41, 5.74) is 5.80. The van der Waals surface area contributed by atoms with Crippen molar-refractivity contribution in [1.82, 2.24) is 9.80 Å². The first kappa shape index (κ1) is 21.5. The van der Waals surface area contributed by atoms with Gasteiger partial charge in [-0.05, 0) is 26.3 Å². The van der Waals surface area contributed by atoms with Gasteiger partial charge in [0.15, 0.2) is 0 Å². The number of ether oxygens (including phenoxy) is 1. The fourth-order valence-electron chi connectivity index (χ4n) is 2.31. The van der Waals surface area contributed by atoms with Crippen molar-refractivity contribution in [1.29, 1.82) is 0 Å². The summed E-state index contributed by atoms with van der Waals surface area (Å²) < 4.78 is 5.24. The van der Waals surface area contributed by atoms with Crippen LogP contribution in [0.2, 0.25) is 0 Å². The third kappa shape index (κ3) is 7.13. The number of nitrogens with zero attached hydrogens (tertiary/aromatic N) is 2. The van der Waals surface area contributed by atoms with E-state index in [9.17, 15) is 14.4 Å². The Kier molecular flexibility index (Phi) is 7.61. The molecule has 3 amide bonds. The molecule has 26 heavy (non-hydrogen) atoms. The van der Waals surface area contributed by atoms with Crippen LogP contribution in [-0.2, 0) is 20.7 Å². The van der Waals surface area contributed by atoms with E-state index < -0.39 is 23.6 Å². The van der Waals surface area contributed by atoms with E-state index in [1.165, 1.54) is 9.80 Å². The summed E-state index contributed by atoms with van der Waals surface area (Å²) >= 11 is 0. The molecule has 1 aromatic carbocycles. The number of carbonyl (C=O) groups is 3. The Labute approximate surface area is 155 Å². The number of hydrogen-bond donors (Lipinski definition) is 1. The Bertz CT molecular complexity index is 625. The second-order valence-corrected chi connectivity index (χ2v) is 7.26. The number of benzene rings is 1. The number of hydrogen-bond acceptors (Lipinski definition) is 4. The van der Waals surface area contributed by atoms with E-state index in [-0.39, 0.29) is 18.9 Å². The Balaban J connectivity index is 2.63. The zero-order chi connectivity index (χ0) is 19.9. The highest BCUT2D eigenvalue weighted by molar-refractivity contribution is 5.87. The number of rotatable bonds is 7. The first-order valence-electron chi connectivity index (χ1n) is 8.54. The number of carbonyl (C=O) groups excluding carboxylic acids is 3. The number of nitrogens with two attached hydrogens (primary N) is 1. The van der Waals surface area contributed by atoms with Crippen molar-refractivity contribution in [3.8, 4) is 0 Å². The third-order valence-electron chi connectivity index (χ3n) is 3.83. The molecule has 0 saturated heterocycles. The van der Waals surface area contributed by atoms with Crippen molar-refractivity contribution >= 4 is 17.9 Å². The SMILES string of the molecule is CN(CCC(=O)N(C)[C@@H](Cc1ccccc1)C(N)=O)C(=O)OC(C)(C)C. The molecule has 0 saturated carbocycles. The van der Waals surface area contributed by atoms with Crippen molar-refractivity contribution in [2.75, 3.05) is 20.6 Å². The van der Waals surface area contributed by atoms with E-state index in [4.69, 9.17) is 10.5 Å². The quantitative estimate of drug-likeness (QED) is 0.799. The van der Waals surface area contributed by atoms with Crippen molar-refractivity contribution in [3.05, 3.63) is 35.9 Å². The molecular formula is C19H29N3O4. The maximum atomic E-state index is 12.4. The molecule has 1 aromatic rings. The molecule has 7 heteroatoms. The molecule has 0 bridgehead atoms. The van der Waals surface area contributed by atoms with Crippen LogP contribution in [0.4, 0.5) is 4.79 Å². The van der Waals surface area contributed by atoms with Gasteiger partial charge in [0.05, 0.1) is 0 Å². The van der Waals surface area contributed by atoms with Crippen LogP contribution in [0.1, 0.15) is 32.8 Å². The minimum absolute atomic E-state index is 0.0742. The highest BCUT2D eigenvalue weighted by Crippen LogP contribution is 2.11. The van der Waals surface area contributed by atoms with Gasteiger partial charge in [0.25, 0.3) is 0 Å². The second-order valence-electron chi connectivity index (χ2n) is 7.26. The maximum Gasteiger partial charge on any atom is 0.410 e. The molecular weight excluding hydrogens is 334 g/mol. The summed E-state index contributed by atoms with van der Waals surface area (Å²) in [7, 11) is 3.12. The average Bonchev–Trinajstić information content (AvgIpc) is 2.55. The largest absolute Gasteiger partial charge is 0.444 e.